The van der Waals surface area contributed by atoms with E-state index in [-0.39, 0.29) is 0 Å². The van der Waals surface area contributed by atoms with E-state index in [1.807, 2.05) is 0 Å². The summed E-state index contributed by atoms with van der Waals surface area (Å²) in [6.45, 7) is -4.85. The molecule has 0 aromatic rings. The van der Waals surface area contributed by atoms with Crippen molar-refractivity contribution in [2.45, 2.75) is 6.32 Å². The smallest absolute Gasteiger partial charge is 0.448 e. The Morgan fingerprint density at radius 3 is 1.86 bits per heavy atom. The number of halogens is 3. The third kappa shape index (κ3) is 5.34. The summed E-state index contributed by atoms with van der Waals surface area (Å²) in [6.07, 6.45) is -1.29. The zero-order valence-electron chi connectivity index (χ0n) is 3.37. The number of nitriles is 1. The third-order valence-corrected chi connectivity index (χ3v) is 0.323. The molecule has 5 heteroatoms. The first-order valence-corrected chi connectivity index (χ1v) is 1.64. The topological polar surface area (TPSA) is 23.8 Å². The molecular formula is C2H2BF3N-. The summed E-state index contributed by atoms with van der Waals surface area (Å²) in [5.41, 5.74) is 0. The molecule has 0 aliphatic rings. The third-order valence-electron chi connectivity index (χ3n) is 0.323. The van der Waals surface area contributed by atoms with Crippen LogP contribution in [-0.2, 0) is 0 Å². The van der Waals surface area contributed by atoms with Crippen LogP contribution in [0, 0.1) is 11.3 Å². The van der Waals surface area contributed by atoms with Crippen LogP contribution >= 0.6 is 0 Å². The maximum absolute atomic E-state index is 10.9. The molecule has 0 unspecified atom stereocenters. The first-order valence-electron chi connectivity index (χ1n) is 1.64. The Morgan fingerprint density at radius 2 is 1.86 bits per heavy atom. The lowest BCUT2D eigenvalue weighted by molar-refractivity contribution is 0.479. The zero-order chi connectivity index (χ0) is 5.91. The molecule has 0 rings (SSSR count). The van der Waals surface area contributed by atoms with Crippen molar-refractivity contribution in [1.29, 1.82) is 5.26 Å². The highest BCUT2D eigenvalue weighted by molar-refractivity contribution is 6.59. The summed E-state index contributed by atoms with van der Waals surface area (Å²) in [5, 5.41) is 7.45. The number of hydrogen-bond acceptors (Lipinski definition) is 1. The molecule has 40 valence electrons. The van der Waals surface area contributed by atoms with E-state index in [4.69, 9.17) is 5.26 Å². The van der Waals surface area contributed by atoms with E-state index in [1.54, 1.807) is 0 Å². The van der Waals surface area contributed by atoms with Gasteiger partial charge in [0.1, 0.15) is 0 Å². The van der Waals surface area contributed by atoms with Crippen molar-refractivity contribution >= 4 is 6.98 Å². The Labute approximate surface area is 38.8 Å². The highest BCUT2D eigenvalue weighted by atomic mass is 19.4. The van der Waals surface area contributed by atoms with Gasteiger partial charge >= 0.3 is 6.98 Å². The van der Waals surface area contributed by atoms with Gasteiger partial charge in [-0.2, -0.15) is 0 Å². The van der Waals surface area contributed by atoms with Gasteiger partial charge in [0.05, 0.1) is 0 Å². The lowest BCUT2D eigenvalue weighted by Gasteiger charge is -2.04. The minimum atomic E-state index is -4.85. The molecule has 0 amide bonds. The van der Waals surface area contributed by atoms with Crippen molar-refractivity contribution in [1.82, 2.24) is 0 Å². The molecule has 1 nitrogen and oxygen atoms in total. The maximum atomic E-state index is 10.9. The van der Waals surface area contributed by atoms with E-state index in [0.717, 1.165) is 6.07 Å². The molecule has 0 saturated carbocycles. The number of hydrogen-bond donors (Lipinski definition) is 0. The summed E-state index contributed by atoms with van der Waals surface area (Å²) < 4.78 is 32.7. The lowest BCUT2D eigenvalue weighted by atomic mass is 9.88. The lowest BCUT2D eigenvalue weighted by Crippen LogP contribution is -2.11. The Balaban J connectivity index is 3.40. The highest BCUT2D eigenvalue weighted by Gasteiger charge is 2.21. The molecule has 0 atom stereocenters. The Morgan fingerprint density at radius 1 is 1.43 bits per heavy atom. The van der Waals surface area contributed by atoms with Crippen molar-refractivity contribution in [3.63, 3.8) is 0 Å². The molecule has 0 bridgehead atoms. The summed E-state index contributed by atoms with van der Waals surface area (Å²) >= 11 is 0. The van der Waals surface area contributed by atoms with Gasteiger partial charge in [0.2, 0.25) is 0 Å². The zero-order valence-corrected chi connectivity index (χ0v) is 3.37. The Kier molecular flexibility index (Phi) is 1.70. The fourth-order valence-corrected chi connectivity index (χ4v) is 0.104. The summed E-state index contributed by atoms with van der Waals surface area (Å²) in [6, 6.07) is 1.01. The second-order valence-corrected chi connectivity index (χ2v) is 1.07. The molecule has 0 aromatic carbocycles. The monoisotopic (exact) mass is 108 g/mol. The van der Waals surface area contributed by atoms with Crippen molar-refractivity contribution in [2.24, 2.45) is 0 Å². The molecule has 7 heavy (non-hydrogen) atoms. The number of rotatable bonds is 1. The van der Waals surface area contributed by atoms with Crippen LogP contribution < -0.4 is 0 Å². The predicted molar refractivity (Wildman–Crippen MR) is 19.5 cm³/mol. The van der Waals surface area contributed by atoms with Crippen molar-refractivity contribution in [2.75, 3.05) is 0 Å². The summed E-state index contributed by atoms with van der Waals surface area (Å²) in [5.74, 6) is 0. The normalized spacial score (nSPS) is 10.6. The van der Waals surface area contributed by atoms with Crippen LogP contribution in [-0.4, -0.2) is 6.98 Å². The molecule has 0 aromatic heterocycles. The Bertz CT molecular complexity index is 90.1. The van der Waals surface area contributed by atoms with Gasteiger partial charge in [-0.1, -0.05) is 0 Å². The van der Waals surface area contributed by atoms with Crippen LogP contribution in [0.3, 0.4) is 0 Å². The quantitative estimate of drug-likeness (QED) is 0.465. The van der Waals surface area contributed by atoms with Crippen LogP contribution in [0.25, 0.3) is 0 Å². The van der Waals surface area contributed by atoms with Crippen LogP contribution in [0.2, 0.25) is 6.32 Å². The van der Waals surface area contributed by atoms with Gasteiger partial charge < -0.3 is 12.9 Å². The van der Waals surface area contributed by atoms with Gasteiger partial charge in [-0.15, -0.1) is 0 Å². The molecule has 0 aliphatic carbocycles. The van der Waals surface area contributed by atoms with E-state index in [9.17, 15) is 12.9 Å². The largest absolute Gasteiger partial charge is 0.492 e. The minimum absolute atomic E-state index is 1.01. The highest BCUT2D eigenvalue weighted by Crippen LogP contribution is 2.12. The molecule has 0 N–H and O–H groups in total. The van der Waals surface area contributed by atoms with Crippen LogP contribution in [0.15, 0.2) is 0 Å². The second kappa shape index (κ2) is 1.87. The molecule has 0 heterocycles. The van der Waals surface area contributed by atoms with Gasteiger partial charge in [-0.05, 0) is 0 Å². The van der Waals surface area contributed by atoms with E-state index >= 15 is 0 Å². The fraction of sp³-hybridized carbons (Fsp3) is 0.500. The standard InChI is InChI=1S/C2H2BF3N/c4-3(5,6)1-2-7/h1H2/q-1. The summed E-state index contributed by atoms with van der Waals surface area (Å²) in [4.78, 5) is 0. The summed E-state index contributed by atoms with van der Waals surface area (Å²) in [7, 11) is 0. The van der Waals surface area contributed by atoms with Gasteiger partial charge in [0.25, 0.3) is 0 Å². The van der Waals surface area contributed by atoms with Crippen molar-refractivity contribution < 1.29 is 12.9 Å². The van der Waals surface area contributed by atoms with Gasteiger partial charge in [0.15, 0.2) is 0 Å². The van der Waals surface area contributed by atoms with Crippen molar-refractivity contribution in [3.8, 4) is 6.07 Å². The molecule has 0 spiro atoms. The van der Waals surface area contributed by atoms with Crippen LogP contribution in [0.4, 0.5) is 12.9 Å². The number of nitrogens with zero attached hydrogens (tertiary/aromatic N) is 1. The average Bonchev–Trinajstić information content (AvgIpc) is 1.30. The van der Waals surface area contributed by atoms with Gasteiger partial charge in [-0.3, -0.25) is 0 Å². The van der Waals surface area contributed by atoms with E-state index in [1.165, 1.54) is 0 Å². The van der Waals surface area contributed by atoms with E-state index in [0.29, 0.717) is 0 Å². The predicted octanol–water partition coefficient (Wildman–Crippen LogP) is 1.36. The minimum Gasteiger partial charge on any atom is -0.448 e. The maximum Gasteiger partial charge on any atom is 0.492 e. The van der Waals surface area contributed by atoms with Gasteiger partial charge in [0, 0.05) is 12.4 Å². The van der Waals surface area contributed by atoms with Gasteiger partial charge in [-0.25, -0.2) is 5.26 Å². The van der Waals surface area contributed by atoms with E-state index < -0.39 is 13.3 Å². The molecule has 0 fully saturated rings. The second-order valence-electron chi connectivity index (χ2n) is 1.07. The molecule has 0 radical (unpaired) electrons. The molecule has 0 saturated heterocycles. The Hall–Kier alpha value is -0.655. The first kappa shape index (κ1) is 6.34. The van der Waals surface area contributed by atoms with E-state index in [2.05, 4.69) is 0 Å². The molecule has 0 aliphatic heterocycles. The SMILES string of the molecule is N#CC[B-](F)(F)F. The average molecular weight is 108 g/mol. The van der Waals surface area contributed by atoms with Crippen molar-refractivity contribution in [3.05, 3.63) is 0 Å². The van der Waals surface area contributed by atoms with Crippen LogP contribution in [0.5, 0.6) is 0 Å². The first-order chi connectivity index (χ1) is 3.06. The molecular weight excluding hydrogens is 106 g/mol. The fourth-order valence-electron chi connectivity index (χ4n) is 0.104. The van der Waals surface area contributed by atoms with Crippen LogP contribution in [0.1, 0.15) is 0 Å².